The van der Waals surface area contributed by atoms with Crippen molar-refractivity contribution in [2.24, 2.45) is 0 Å². The van der Waals surface area contributed by atoms with Crippen molar-refractivity contribution in [2.75, 3.05) is 0 Å². The summed E-state index contributed by atoms with van der Waals surface area (Å²) in [4.78, 5) is 5.00. The fourth-order valence-corrected chi connectivity index (χ4v) is 6.65. The molecule has 0 aliphatic heterocycles. The van der Waals surface area contributed by atoms with E-state index in [2.05, 4.69) is 135 Å². The lowest BCUT2D eigenvalue weighted by Gasteiger charge is -2.23. The van der Waals surface area contributed by atoms with Gasteiger partial charge in [-0.3, -0.25) is 4.57 Å². The van der Waals surface area contributed by atoms with Gasteiger partial charge < -0.3 is 0 Å². The van der Waals surface area contributed by atoms with E-state index < -0.39 is 0 Å². The van der Waals surface area contributed by atoms with Crippen LogP contribution in [0.4, 0.5) is 0 Å². The molecule has 0 radical (unpaired) electrons. The molecule has 0 saturated heterocycles. The zero-order chi connectivity index (χ0) is 26.3. The van der Waals surface area contributed by atoms with Gasteiger partial charge in [0.1, 0.15) is 5.82 Å². The van der Waals surface area contributed by atoms with Gasteiger partial charge in [-0.25, -0.2) is 4.98 Å². The summed E-state index contributed by atoms with van der Waals surface area (Å²) in [5, 5.41) is 5.52. The maximum Gasteiger partial charge on any atom is 0.145 e. The Kier molecular flexibility index (Phi) is 4.52. The molecule has 0 saturated carbocycles. The molecule has 8 rings (SSSR count). The monoisotopic (exact) mass is 500 g/mol. The van der Waals surface area contributed by atoms with Crippen LogP contribution in [0.25, 0.3) is 60.8 Å². The summed E-state index contributed by atoms with van der Waals surface area (Å²) in [7, 11) is 0. The van der Waals surface area contributed by atoms with E-state index >= 15 is 0 Å². The molecule has 2 heteroatoms. The van der Waals surface area contributed by atoms with Crippen LogP contribution < -0.4 is 0 Å². The molecule has 39 heavy (non-hydrogen) atoms. The first-order valence-electron chi connectivity index (χ1n) is 13.6. The van der Waals surface area contributed by atoms with Crippen LogP contribution in [-0.2, 0) is 5.41 Å². The highest BCUT2D eigenvalue weighted by atomic mass is 15.1. The summed E-state index contributed by atoms with van der Waals surface area (Å²) in [5.41, 5.74) is 11.0. The zero-order valence-electron chi connectivity index (χ0n) is 22.4. The van der Waals surface area contributed by atoms with Crippen molar-refractivity contribution in [3.05, 3.63) is 132 Å². The van der Waals surface area contributed by atoms with E-state index in [1.165, 1.54) is 49.4 Å². The molecular weight excluding hydrogens is 472 g/mol. The number of hydrogen-bond donors (Lipinski definition) is 0. The third-order valence-corrected chi connectivity index (χ3v) is 8.57. The lowest BCUT2D eigenvalue weighted by atomic mass is 9.80. The molecule has 6 aromatic carbocycles. The highest BCUT2D eigenvalue weighted by molar-refractivity contribution is 6.15. The van der Waals surface area contributed by atoms with Gasteiger partial charge in [-0.1, -0.05) is 98.3 Å². The van der Waals surface area contributed by atoms with Crippen molar-refractivity contribution in [2.45, 2.75) is 26.2 Å². The van der Waals surface area contributed by atoms with Crippen molar-refractivity contribution in [1.29, 1.82) is 0 Å². The average Bonchev–Trinajstić information content (AvgIpc) is 3.46. The molecule has 0 atom stereocenters. The fourth-order valence-electron chi connectivity index (χ4n) is 6.65. The molecule has 1 heterocycles. The molecule has 0 bridgehead atoms. The van der Waals surface area contributed by atoms with Crippen molar-refractivity contribution < 1.29 is 0 Å². The van der Waals surface area contributed by atoms with E-state index in [9.17, 15) is 0 Å². The SMILES string of the molecule is Cc1cc2c3c(ccc4cc(-c5ccc(-n6c(-c7ccccc7)nc7ccccc76)cc5)cc(c43)C2(C)C)c1. The van der Waals surface area contributed by atoms with Crippen LogP contribution in [-0.4, -0.2) is 9.55 Å². The normalized spacial score (nSPS) is 13.7. The maximum absolute atomic E-state index is 5.00. The summed E-state index contributed by atoms with van der Waals surface area (Å²) >= 11 is 0. The van der Waals surface area contributed by atoms with Gasteiger partial charge in [0.2, 0.25) is 0 Å². The quantitative estimate of drug-likeness (QED) is 0.221. The van der Waals surface area contributed by atoms with Gasteiger partial charge in [0.05, 0.1) is 11.0 Å². The molecule has 2 nitrogen and oxygen atoms in total. The number of aryl methyl sites for hydroxylation is 1. The van der Waals surface area contributed by atoms with E-state index in [4.69, 9.17) is 4.98 Å². The molecule has 0 fully saturated rings. The van der Waals surface area contributed by atoms with Gasteiger partial charge in [0.25, 0.3) is 0 Å². The summed E-state index contributed by atoms with van der Waals surface area (Å²) in [6, 6.07) is 41.9. The largest absolute Gasteiger partial charge is 0.292 e. The highest BCUT2D eigenvalue weighted by Crippen LogP contribution is 2.50. The fraction of sp³-hybridized carbons (Fsp3) is 0.108. The second-order valence-corrected chi connectivity index (χ2v) is 11.4. The Hall–Kier alpha value is -4.69. The molecule has 1 aliphatic carbocycles. The van der Waals surface area contributed by atoms with Crippen LogP contribution in [0.3, 0.4) is 0 Å². The summed E-state index contributed by atoms with van der Waals surface area (Å²) in [6.45, 7) is 6.95. The number of aromatic nitrogens is 2. The second kappa shape index (κ2) is 7.91. The standard InChI is InChI=1S/C37H28N2/c1-23-19-26-13-14-27-21-28(22-31-35(27)34(26)30(20-23)37(31,2)3)24-15-17-29(18-16-24)39-33-12-8-7-11-32(33)38-36(39)25-9-5-4-6-10-25/h4-22H,1-3H3. The number of imidazole rings is 1. The Labute approximate surface area is 228 Å². The zero-order valence-corrected chi connectivity index (χ0v) is 22.4. The average molecular weight is 501 g/mol. The van der Waals surface area contributed by atoms with Crippen molar-refractivity contribution >= 4 is 32.6 Å². The van der Waals surface area contributed by atoms with Crippen LogP contribution in [0, 0.1) is 6.92 Å². The van der Waals surface area contributed by atoms with Gasteiger partial charge in [-0.2, -0.15) is 0 Å². The van der Waals surface area contributed by atoms with E-state index in [-0.39, 0.29) is 5.41 Å². The topological polar surface area (TPSA) is 17.8 Å². The summed E-state index contributed by atoms with van der Waals surface area (Å²) < 4.78 is 2.27. The molecule has 0 unspecified atom stereocenters. The Morgan fingerprint density at radius 2 is 1.26 bits per heavy atom. The Bertz CT molecular complexity index is 2080. The number of hydrogen-bond acceptors (Lipinski definition) is 1. The van der Waals surface area contributed by atoms with E-state index in [1.54, 1.807) is 0 Å². The molecule has 186 valence electrons. The Morgan fingerprint density at radius 3 is 2.03 bits per heavy atom. The highest BCUT2D eigenvalue weighted by Gasteiger charge is 2.34. The third-order valence-electron chi connectivity index (χ3n) is 8.57. The van der Waals surface area contributed by atoms with Crippen LogP contribution in [0.1, 0.15) is 30.5 Å². The van der Waals surface area contributed by atoms with Crippen molar-refractivity contribution in [3.63, 3.8) is 0 Å². The van der Waals surface area contributed by atoms with Crippen LogP contribution in [0.5, 0.6) is 0 Å². The maximum atomic E-state index is 5.00. The number of nitrogens with zero attached hydrogens (tertiary/aromatic N) is 2. The minimum absolute atomic E-state index is 0.0253. The minimum atomic E-state index is -0.0253. The molecule has 0 N–H and O–H groups in total. The van der Waals surface area contributed by atoms with E-state index in [1.807, 2.05) is 6.07 Å². The van der Waals surface area contributed by atoms with Crippen LogP contribution in [0.2, 0.25) is 0 Å². The summed E-state index contributed by atoms with van der Waals surface area (Å²) in [5.74, 6) is 0.960. The first-order chi connectivity index (χ1) is 19.0. The second-order valence-electron chi connectivity index (χ2n) is 11.4. The summed E-state index contributed by atoms with van der Waals surface area (Å²) in [6.07, 6.45) is 0. The van der Waals surface area contributed by atoms with Crippen LogP contribution >= 0.6 is 0 Å². The van der Waals surface area contributed by atoms with Crippen molar-refractivity contribution in [3.8, 4) is 28.2 Å². The molecular formula is C37H28N2. The Balaban J connectivity index is 1.28. The van der Waals surface area contributed by atoms with E-state index in [0.717, 1.165) is 28.1 Å². The number of benzene rings is 6. The van der Waals surface area contributed by atoms with Gasteiger partial charge >= 0.3 is 0 Å². The first-order valence-corrected chi connectivity index (χ1v) is 13.6. The first kappa shape index (κ1) is 22.3. The molecule has 0 spiro atoms. The van der Waals surface area contributed by atoms with Gasteiger partial charge in [0, 0.05) is 16.7 Å². The molecule has 1 aromatic heterocycles. The number of fused-ring (bicyclic) bond motifs is 1. The predicted molar refractivity (Wildman–Crippen MR) is 164 cm³/mol. The van der Waals surface area contributed by atoms with Gasteiger partial charge in [-0.05, 0) is 87.1 Å². The predicted octanol–water partition coefficient (Wildman–Crippen LogP) is 9.61. The van der Waals surface area contributed by atoms with Gasteiger partial charge in [0.15, 0.2) is 0 Å². The Morgan fingerprint density at radius 1 is 0.590 bits per heavy atom. The molecule has 1 aliphatic rings. The molecule has 7 aromatic rings. The smallest absolute Gasteiger partial charge is 0.145 e. The third kappa shape index (κ3) is 3.18. The minimum Gasteiger partial charge on any atom is -0.292 e. The van der Waals surface area contributed by atoms with Gasteiger partial charge in [-0.15, -0.1) is 0 Å². The lowest BCUT2D eigenvalue weighted by molar-refractivity contribution is 0.662. The van der Waals surface area contributed by atoms with E-state index in [0.29, 0.717) is 0 Å². The van der Waals surface area contributed by atoms with Crippen LogP contribution in [0.15, 0.2) is 115 Å². The van der Waals surface area contributed by atoms with Crippen molar-refractivity contribution in [1.82, 2.24) is 9.55 Å². The lowest BCUT2D eigenvalue weighted by Crippen LogP contribution is -2.15. The number of para-hydroxylation sites is 2. The number of rotatable bonds is 3. The molecule has 0 amide bonds.